The lowest BCUT2D eigenvalue weighted by Gasteiger charge is -2.69. The third kappa shape index (κ3) is 10.2. The number of benzene rings is 2. The Hall–Kier alpha value is -4.98. The minimum Gasteiger partial charge on any atom is -0.455 e. The van der Waals surface area contributed by atoms with E-state index in [2.05, 4.69) is 40.9 Å². The van der Waals surface area contributed by atoms with Crippen LogP contribution in [-0.4, -0.2) is 179 Å². The van der Waals surface area contributed by atoms with Gasteiger partial charge in [0.2, 0.25) is 0 Å². The second-order valence-electron chi connectivity index (χ2n) is 31.0. The molecule has 4 aliphatic heterocycles. The molecular formula is C74H98O20Si. The van der Waals surface area contributed by atoms with Gasteiger partial charge in [-0.3, -0.25) is 9.59 Å². The Balaban J connectivity index is 0.000000174. The number of carbonyl (C=O) groups is 4. The highest BCUT2D eigenvalue weighted by atomic mass is 28.4. The molecule has 4 heterocycles. The van der Waals surface area contributed by atoms with Crippen molar-refractivity contribution in [3.05, 3.63) is 119 Å². The lowest BCUT2D eigenvalue weighted by molar-refractivity contribution is -0.362. The molecular weight excluding hydrogens is 1240 g/mol. The van der Waals surface area contributed by atoms with Gasteiger partial charge in [0, 0.05) is 47.3 Å². The van der Waals surface area contributed by atoms with Crippen molar-refractivity contribution >= 4 is 32.2 Å². The summed E-state index contributed by atoms with van der Waals surface area (Å²) in [5.74, 6) is -4.33. The van der Waals surface area contributed by atoms with Gasteiger partial charge in [-0.1, -0.05) is 112 Å². The maximum atomic E-state index is 14.3. The second-order valence-corrected chi connectivity index (χ2v) is 35.7. The lowest BCUT2D eigenvalue weighted by atomic mass is 9.44. The summed E-state index contributed by atoms with van der Waals surface area (Å²) in [7, 11) is -2.33. The smallest absolute Gasteiger partial charge is 0.338 e. The lowest BCUT2D eigenvalue weighted by Crippen LogP contribution is -2.82. The van der Waals surface area contributed by atoms with E-state index in [0.29, 0.717) is 34.3 Å². The summed E-state index contributed by atoms with van der Waals surface area (Å²) in [4.78, 5) is 55.5. The molecule has 14 rings (SSSR count). The number of aliphatic hydroxyl groups excluding tert-OH is 3. The van der Waals surface area contributed by atoms with Crippen LogP contribution in [0, 0.1) is 45.3 Å². The summed E-state index contributed by atoms with van der Waals surface area (Å²) in [5, 5.41) is 62.0. The molecule has 0 radical (unpaired) electrons. The molecule has 4 saturated heterocycles. The standard InChI is InChI=1S/C40H56O10Si.C34H42O10/c1-9-29-46-31-30-23(5)26(41)21-40(44,37(30,6)7)34(48-35(42)24-16-14-13-15-17-24)32-38(8,33(31)47-29)27(50-51(10-2,11-3)12-4)20-28-39(32,22-45-28)49-36(43)25-18-19-25;1-6-23-41-25-24-17(2)20(35)15-34(39,31(24,3)4)28(43-29(37)18-10-8-7-9-11-18)26-32(5,27(25)42-23)21(36)14-22-33(26,16-40-22)44-30(38)19-12-13-19/h9,13-17,25-29,31-34,41,44H,1,10-12,18-22H2,2-8H3;6-11,19-23,25-28,35-36,39H,1,12-16H2,2-5H3/t26-,27-,28+,29?,31+,32-,33+,34-,38+,39-,40+;20-,21-,22+,23?,25+,26-,27+,28-,32+,33-,34+/m00/s1. The first-order valence-electron chi connectivity index (χ1n) is 34.6. The normalized spacial score (nSPS) is 43.2. The summed E-state index contributed by atoms with van der Waals surface area (Å²) in [6.07, 6.45) is -6.04. The highest BCUT2D eigenvalue weighted by Crippen LogP contribution is 2.70. The fraction of sp³-hybridized carbons (Fsp3) is 0.676. The molecule has 10 fully saturated rings. The van der Waals surface area contributed by atoms with Crippen molar-refractivity contribution in [1.29, 1.82) is 0 Å². The van der Waals surface area contributed by atoms with E-state index in [1.807, 2.05) is 47.6 Å². The van der Waals surface area contributed by atoms with Gasteiger partial charge in [0.25, 0.3) is 0 Å². The summed E-state index contributed by atoms with van der Waals surface area (Å²) < 4.78 is 72.7. The molecule has 2 aromatic carbocycles. The molecule has 4 bridgehead atoms. The van der Waals surface area contributed by atoms with Gasteiger partial charge in [-0.15, -0.1) is 0 Å². The minimum atomic E-state index is -2.33. The van der Waals surface area contributed by atoms with Crippen molar-refractivity contribution in [1.82, 2.24) is 0 Å². The fourth-order valence-corrected chi connectivity index (χ4v) is 22.3. The average Bonchev–Trinajstić information content (AvgIpc) is 1.62. The Kier molecular flexibility index (Phi) is 17.4. The molecule has 6 saturated carbocycles. The molecule has 0 amide bonds. The Labute approximate surface area is 558 Å². The summed E-state index contributed by atoms with van der Waals surface area (Å²) >= 11 is 0. The van der Waals surface area contributed by atoms with Gasteiger partial charge in [0.15, 0.2) is 32.1 Å². The third-order valence-corrected chi connectivity index (χ3v) is 30.4. The summed E-state index contributed by atoms with van der Waals surface area (Å²) in [5.41, 5.74) is -7.73. The number of ether oxygens (including phenoxy) is 10. The van der Waals surface area contributed by atoms with Crippen LogP contribution in [0.3, 0.4) is 0 Å². The fourth-order valence-electron chi connectivity index (χ4n) is 19.3. The van der Waals surface area contributed by atoms with Crippen LogP contribution in [0.1, 0.15) is 148 Å². The summed E-state index contributed by atoms with van der Waals surface area (Å²) in [6.45, 7) is 29.6. The highest BCUT2D eigenvalue weighted by molar-refractivity contribution is 6.73. The SMILES string of the molecule is C=CC1O[C@@H]2C3=C(C)[C@@H](O)C[C@@](O)([C@@H](OC(=O)c4ccccc4)[C@@H]4[C@]5(OC(=O)C6CC6)CO[C@@H]5C[C@H](O)[C@@]4(C)[C@@H]2O1)C3(C)C.C=CC1O[C@@H]2C3=C(C)[C@@H](O)C[C@@](O)([C@@H](OC(=O)c4ccccc4)[C@@H]4[C@]5(OC(=O)C6CC6)CO[C@@H]5C[C@H](O[Si](CC)(CC)CC)[C@@]4(C)[C@@H]2O1)C3(C)C. The van der Waals surface area contributed by atoms with E-state index in [0.717, 1.165) is 43.8 Å². The van der Waals surface area contributed by atoms with Crippen LogP contribution in [0.5, 0.6) is 0 Å². The van der Waals surface area contributed by atoms with Crippen LogP contribution in [0.2, 0.25) is 18.1 Å². The van der Waals surface area contributed by atoms with Gasteiger partial charge < -0.3 is 77.3 Å². The molecule has 12 aliphatic rings. The Morgan fingerprint density at radius 2 is 0.968 bits per heavy atom. The quantitative estimate of drug-likeness (QED) is 0.0483. The van der Waals surface area contributed by atoms with E-state index in [4.69, 9.17) is 51.8 Å². The van der Waals surface area contributed by atoms with Crippen LogP contribution in [0.25, 0.3) is 0 Å². The van der Waals surface area contributed by atoms with Crippen LogP contribution in [-0.2, 0) is 61.4 Å². The molecule has 0 spiro atoms. The van der Waals surface area contributed by atoms with Crippen molar-refractivity contribution in [3.63, 3.8) is 0 Å². The van der Waals surface area contributed by atoms with E-state index in [1.54, 1.807) is 67.6 Å². The first kappa shape index (κ1) is 68.5. The monoisotopic (exact) mass is 1330 g/mol. The molecule has 5 N–H and O–H groups in total. The predicted molar refractivity (Wildman–Crippen MR) is 346 cm³/mol. The van der Waals surface area contributed by atoms with Gasteiger partial charge in [-0.2, -0.15) is 0 Å². The molecule has 21 heteroatoms. The van der Waals surface area contributed by atoms with Gasteiger partial charge >= 0.3 is 23.9 Å². The van der Waals surface area contributed by atoms with E-state index >= 15 is 0 Å². The maximum absolute atomic E-state index is 14.3. The molecule has 8 aliphatic carbocycles. The van der Waals surface area contributed by atoms with Gasteiger partial charge in [0.05, 0.1) is 84.6 Å². The molecule has 95 heavy (non-hydrogen) atoms. The Morgan fingerprint density at radius 3 is 1.34 bits per heavy atom. The first-order valence-corrected chi connectivity index (χ1v) is 37.2. The first-order chi connectivity index (χ1) is 44.9. The Bertz CT molecular complexity index is 3410. The molecule has 22 atom stereocenters. The molecule has 518 valence electrons. The van der Waals surface area contributed by atoms with Crippen molar-refractivity contribution in [3.8, 4) is 0 Å². The number of carbonyl (C=O) groups excluding carboxylic acids is 4. The molecule has 0 aromatic heterocycles. The zero-order valence-electron chi connectivity index (χ0n) is 56.8. The van der Waals surface area contributed by atoms with Crippen molar-refractivity contribution in [2.75, 3.05) is 13.2 Å². The van der Waals surface area contributed by atoms with Crippen molar-refractivity contribution in [2.24, 2.45) is 45.3 Å². The van der Waals surface area contributed by atoms with Crippen molar-refractivity contribution in [2.45, 2.75) is 254 Å². The van der Waals surface area contributed by atoms with E-state index < -0.39 is 162 Å². The molecule has 2 aromatic rings. The highest BCUT2D eigenvalue weighted by Gasteiger charge is 2.82. The van der Waals surface area contributed by atoms with Gasteiger partial charge in [-0.25, -0.2) is 9.59 Å². The predicted octanol–water partition coefficient (Wildman–Crippen LogP) is 8.71. The van der Waals surface area contributed by atoms with Crippen LogP contribution < -0.4 is 0 Å². The molecule has 2 unspecified atom stereocenters. The molecule has 20 nitrogen and oxygen atoms in total. The third-order valence-electron chi connectivity index (χ3n) is 25.8. The van der Waals surface area contributed by atoms with Crippen molar-refractivity contribution < 1.29 is 96.5 Å². The zero-order chi connectivity index (χ0) is 68.1. The van der Waals surface area contributed by atoms with E-state index in [9.17, 15) is 44.7 Å². The topological polar surface area (TPSA) is 271 Å². The largest absolute Gasteiger partial charge is 0.455 e. The van der Waals surface area contributed by atoms with Gasteiger partial charge in [0.1, 0.15) is 47.8 Å². The maximum Gasteiger partial charge on any atom is 0.338 e. The number of fused-ring (bicyclic) bond motifs is 16. The average molecular weight is 1340 g/mol. The van der Waals surface area contributed by atoms with Gasteiger partial charge in [-0.05, 0) is 116 Å². The number of hydrogen-bond acceptors (Lipinski definition) is 20. The van der Waals surface area contributed by atoms with Crippen LogP contribution in [0.15, 0.2) is 108 Å². The number of aliphatic hydroxyl groups is 5. The second kappa shape index (κ2) is 24.1. The number of hydrogen-bond donors (Lipinski definition) is 5. The zero-order valence-corrected chi connectivity index (χ0v) is 57.8. The number of esters is 4. The Morgan fingerprint density at radius 1 is 0.579 bits per heavy atom. The van der Waals surface area contributed by atoms with E-state index in [1.165, 1.54) is 6.08 Å². The van der Waals surface area contributed by atoms with Crippen LogP contribution in [0.4, 0.5) is 0 Å². The summed E-state index contributed by atoms with van der Waals surface area (Å²) in [6, 6.07) is 19.8. The number of rotatable bonds is 15. The minimum absolute atomic E-state index is 0.00753. The van der Waals surface area contributed by atoms with E-state index in [-0.39, 0.29) is 61.8 Å². The van der Waals surface area contributed by atoms with Crippen LogP contribution >= 0.6 is 0 Å².